The third-order valence-electron chi connectivity index (χ3n) is 5.06. The molecule has 0 saturated carbocycles. The Balaban J connectivity index is 1.63. The zero-order chi connectivity index (χ0) is 17.1. The van der Waals surface area contributed by atoms with Crippen molar-refractivity contribution >= 4 is 17.5 Å². The Labute approximate surface area is 149 Å². The first kappa shape index (κ1) is 17.7. The van der Waals surface area contributed by atoms with Crippen LogP contribution >= 0.6 is 11.6 Å². The molecule has 2 saturated heterocycles. The van der Waals surface area contributed by atoms with Gasteiger partial charge in [0.15, 0.2) is 0 Å². The number of morpholine rings is 1. The second-order valence-electron chi connectivity index (χ2n) is 7.10. The molecule has 0 aliphatic carbocycles. The van der Waals surface area contributed by atoms with E-state index in [1.165, 1.54) is 0 Å². The summed E-state index contributed by atoms with van der Waals surface area (Å²) in [6, 6.07) is 8.26. The molecule has 24 heavy (non-hydrogen) atoms. The van der Waals surface area contributed by atoms with Gasteiger partial charge in [-0.15, -0.1) is 0 Å². The van der Waals surface area contributed by atoms with Crippen molar-refractivity contribution in [1.82, 2.24) is 9.80 Å². The van der Waals surface area contributed by atoms with Gasteiger partial charge in [0.05, 0.1) is 12.2 Å². The predicted molar refractivity (Wildman–Crippen MR) is 96.1 cm³/mol. The number of hydrogen-bond acceptors (Lipinski definition) is 3. The van der Waals surface area contributed by atoms with Crippen LogP contribution in [0.3, 0.4) is 0 Å². The van der Waals surface area contributed by atoms with Gasteiger partial charge in [0.25, 0.3) is 0 Å². The molecule has 1 aromatic carbocycles. The summed E-state index contributed by atoms with van der Waals surface area (Å²) in [7, 11) is 0. The molecule has 0 spiro atoms. The monoisotopic (exact) mass is 350 g/mol. The maximum absolute atomic E-state index is 12.5. The number of likely N-dealkylation sites (tertiary alicyclic amines) is 1. The minimum atomic E-state index is 0.242. The Morgan fingerprint density at radius 3 is 2.58 bits per heavy atom. The minimum Gasteiger partial charge on any atom is -0.373 e. The summed E-state index contributed by atoms with van der Waals surface area (Å²) in [5.41, 5.74) is 1.03. The predicted octanol–water partition coefficient (Wildman–Crippen LogP) is 3.33. The van der Waals surface area contributed by atoms with E-state index >= 15 is 0 Å². The van der Waals surface area contributed by atoms with Gasteiger partial charge in [0, 0.05) is 43.7 Å². The van der Waals surface area contributed by atoms with Crippen molar-refractivity contribution in [1.29, 1.82) is 0 Å². The molecular formula is C19H27ClN2O2. The maximum atomic E-state index is 12.5. The lowest BCUT2D eigenvalue weighted by Crippen LogP contribution is -2.50. The molecule has 0 bridgehead atoms. The normalized spacial score (nSPS) is 29.5. The molecule has 2 heterocycles. The molecule has 5 heteroatoms. The Bertz CT molecular complexity index is 570. The molecule has 0 N–H and O–H groups in total. The van der Waals surface area contributed by atoms with E-state index in [4.69, 9.17) is 16.3 Å². The van der Waals surface area contributed by atoms with Gasteiger partial charge in [-0.2, -0.15) is 0 Å². The molecule has 132 valence electrons. The molecular weight excluding hydrogens is 324 g/mol. The summed E-state index contributed by atoms with van der Waals surface area (Å²) < 4.78 is 5.84. The number of benzene rings is 1. The minimum absolute atomic E-state index is 0.242. The number of nitrogens with zero attached hydrogens (tertiary/aromatic N) is 2. The van der Waals surface area contributed by atoms with Gasteiger partial charge in [-0.3, -0.25) is 9.69 Å². The zero-order valence-corrected chi connectivity index (χ0v) is 15.3. The topological polar surface area (TPSA) is 32.8 Å². The molecule has 1 amide bonds. The highest BCUT2D eigenvalue weighted by atomic mass is 35.5. The number of rotatable bonds is 3. The standard InChI is InChI=1S/C19H27ClN2O2/c1-14-11-22(12-15(2)24-14)17-7-8-19(23)21(10-9-17)13-16-5-3-4-6-18(16)20/h3-6,14-15,17H,7-13H2,1-2H3/t14-,15+,17?. The lowest BCUT2D eigenvalue weighted by atomic mass is 10.0. The molecule has 3 atom stereocenters. The van der Waals surface area contributed by atoms with Crippen LogP contribution in [0, 0.1) is 0 Å². The van der Waals surface area contributed by atoms with Crippen molar-refractivity contribution in [3.63, 3.8) is 0 Å². The summed E-state index contributed by atoms with van der Waals surface area (Å²) in [4.78, 5) is 17.0. The second-order valence-corrected chi connectivity index (χ2v) is 7.51. The van der Waals surface area contributed by atoms with Crippen molar-refractivity contribution < 1.29 is 9.53 Å². The van der Waals surface area contributed by atoms with Gasteiger partial charge in [-0.05, 0) is 38.3 Å². The summed E-state index contributed by atoms with van der Waals surface area (Å²) in [6.45, 7) is 7.61. The third kappa shape index (κ3) is 4.29. The highest BCUT2D eigenvalue weighted by Crippen LogP contribution is 2.24. The summed E-state index contributed by atoms with van der Waals surface area (Å²) in [5.74, 6) is 0.242. The number of amides is 1. The third-order valence-corrected chi connectivity index (χ3v) is 5.43. The van der Waals surface area contributed by atoms with Crippen molar-refractivity contribution in [2.45, 2.75) is 57.9 Å². The van der Waals surface area contributed by atoms with Crippen molar-refractivity contribution in [2.24, 2.45) is 0 Å². The zero-order valence-electron chi connectivity index (χ0n) is 14.6. The van der Waals surface area contributed by atoms with E-state index in [9.17, 15) is 4.79 Å². The van der Waals surface area contributed by atoms with Crippen molar-refractivity contribution in [2.75, 3.05) is 19.6 Å². The maximum Gasteiger partial charge on any atom is 0.222 e. The van der Waals surface area contributed by atoms with Crippen LogP contribution in [0.25, 0.3) is 0 Å². The molecule has 3 rings (SSSR count). The Morgan fingerprint density at radius 2 is 1.88 bits per heavy atom. The van der Waals surface area contributed by atoms with Crippen molar-refractivity contribution in [3.8, 4) is 0 Å². The van der Waals surface area contributed by atoms with Crippen LogP contribution in [0.15, 0.2) is 24.3 Å². The molecule has 1 unspecified atom stereocenters. The fraction of sp³-hybridized carbons (Fsp3) is 0.632. The van der Waals surface area contributed by atoms with Crippen molar-refractivity contribution in [3.05, 3.63) is 34.9 Å². The number of carbonyl (C=O) groups is 1. The lowest BCUT2D eigenvalue weighted by Gasteiger charge is -2.40. The van der Waals surface area contributed by atoms with Crippen LogP contribution < -0.4 is 0 Å². The average Bonchev–Trinajstić information content (AvgIpc) is 2.71. The first-order valence-corrected chi connectivity index (χ1v) is 9.31. The number of hydrogen-bond donors (Lipinski definition) is 0. The quantitative estimate of drug-likeness (QED) is 0.838. The van der Waals surface area contributed by atoms with Crippen LogP contribution in [0.2, 0.25) is 5.02 Å². The molecule has 0 radical (unpaired) electrons. The SMILES string of the molecule is C[C@@H]1CN(C2CCC(=O)N(Cc3ccccc3Cl)CC2)C[C@H](C)O1. The van der Waals surface area contributed by atoms with E-state index in [1.807, 2.05) is 29.2 Å². The average molecular weight is 351 g/mol. The fourth-order valence-electron chi connectivity index (χ4n) is 3.90. The summed E-state index contributed by atoms with van der Waals surface area (Å²) >= 11 is 6.25. The van der Waals surface area contributed by atoms with Crippen LogP contribution in [0.1, 0.15) is 38.7 Å². The molecule has 2 aliphatic rings. The van der Waals surface area contributed by atoms with E-state index in [2.05, 4.69) is 18.7 Å². The lowest BCUT2D eigenvalue weighted by molar-refractivity contribution is -0.131. The van der Waals surface area contributed by atoms with E-state index in [1.54, 1.807) is 0 Å². The molecule has 2 fully saturated rings. The van der Waals surface area contributed by atoms with E-state index in [0.29, 0.717) is 19.0 Å². The van der Waals surface area contributed by atoms with Crippen LogP contribution in [-0.2, 0) is 16.1 Å². The largest absolute Gasteiger partial charge is 0.373 e. The van der Waals surface area contributed by atoms with Gasteiger partial charge in [0.1, 0.15) is 0 Å². The van der Waals surface area contributed by atoms with Crippen LogP contribution in [-0.4, -0.2) is 53.6 Å². The number of ether oxygens (including phenoxy) is 1. The van der Waals surface area contributed by atoms with Gasteiger partial charge in [-0.1, -0.05) is 29.8 Å². The second kappa shape index (κ2) is 7.85. The fourth-order valence-corrected chi connectivity index (χ4v) is 4.10. The van der Waals surface area contributed by atoms with Gasteiger partial charge < -0.3 is 9.64 Å². The molecule has 0 aromatic heterocycles. The van der Waals surface area contributed by atoms with Gasteiger partial charge >= 0.3 is 0 Å². The van der Waals surface area contributed by atoms with E-state index < -0.39 is 0 Å². The van der Waals surface area contributed by atoms with E-state index in [-0.39, 0.29) is 18.1 Å². The Hall–Kier alpha value is -1.10. The van der Waals surface area contributed by atoms with Crippen LogP contribution in [0.4, 0.5) is 0 Å². The number of carbonyl (C=O) groups excluding carboxylic acids is 1. The number of halogens is 1. The van der Waals surface area contributed by atoms with Crippen LogP contribution in [0.5, 0.6) is 0 Å². The van der Waals surface area contributed by atoms with E-state index in [0.717, 1.165) is 43.1 Å². The highest BCUT2D eigenvalue weighted by molar-refractivity contribution is 6.31. The first-order chi connectivity index (χ1) is 11.5. The Kier molecular flexibility index (Phi) is 5.80. The smallest absolute Gasteiger partial charge is 0.222 e. The van der Waals surface area contributed by atoms with Gasteiger partial charge in [-0.25, -0.2) is 0 Å². The summed E-state index contributed by atoms with van der Waals surface area (Å²) in [6.07, 6.45) is 3.13. The van der Waals surface area contributed by atoms with Gasteiger partial charge in [0.2, 0.25) is 5.91 Å². The first-order valence-electron chi connectivity index (χ1n) is 8.93. The Morgan fingerprint density at radius 1 is 1.17 bits per heavy atom. The highest BCUT2D eigenvalue weighted by Gasteiger charge is 2.31. The molecule has 4 nitrogen and oxygen atoms in total. The molecule has 1 aromatic rings. The molecule has 2 aliphatic heterocycles. The summed E-state index contributed by atoms with van der Waals surface area (Å²) in [5, 5.41) is 0.738.